The van der Waals surface area contributed by atoms with Crippen molar-refractivity contribution >= 4 is 28.5 Å². The molecule has 9 heteroatoms. The number of amides is 2. The van der Waals surface area contributed by atoms with Crippen molar-refractivity contribution in [3.05, 3.63) is 28.0 Å². The predicted octanol–water partition coefficient (Wildman–Crippen LogP) is 1.95. The standard InChI is InChI=1S/C15H19N5O3S/c1-4-23-15(22)20-6-5-10-12(8-20)24-14(16-10)17-13(21)11-7-9(2)19(3)18-11/h7H,4-6,8H2,1-3H3,(H,16,17,21). The first-order valence-electron chi connectivity index (χ1n) is 7.70. The SMILES string of the molecule is CCOC(=O)N1CCc2nc(NC(=O)c3cc(C)n(C)n3)sc2C1. The predicted molar refractivity (Wildman–Crippen MR) is 89.1 cm³/mol. The van der Waals surface area contributed by atoms with Crippen LogP contribution in [0, 0.1) is 6.92 Å². The molecule has 8 nitrogen and oxygen atoms in total. The quantitative estimate of drug-likeness (QED) is 0.915. The van der Waals surface area contributed by atoms with Crippen LogP contribution in [0.4, 0.5) is 9.93 Å². The fourth-order valence-electron chi connectivity index (χ4n) is 2.45. The van der Waals surface area contributed by atoms with E-state index in [0.717, 1.165) is 16.3 Å². The maximum atomic E-state index is 12.2. The molecule has 0 aliphatic carbocycles. The average molecular weight is 349 g/mol. The molecule has 0 saturated carbocycles. The molecule has 0 aromatic carbocycles. The zero-order valence-electron chi connectivity index (χ0n) is 13.8. The van der Waals surface area contributed by atoms with Crippen LogP contribution in [0.3, 0.4) is 0 Å². The molecule has 0 bridgehead atoms. The molecule has 3 rings (SSSR count). The van der Waals surface area contributed by atoms with Crippen LogP contribution in [0.5, 0.6) is 0 Å². The summed E-state index contributed by atoms with van der Waals surface area (Å²) in [4.78, 5) is 31.1. The molecule has 128 valence electrons. The minimum atomic E-state index is -0.314. The van der Waals surface area contributed by atoms with Crippen LogP contribution >= 0.6 is 11.3 Å². The van der Waals surface area contributed by atoms with Gasteiger partial charge in [-0.1, -0.05) is 11.3 Å². The van der Waals surface area contributed by atoms with E-state index in [1.165, 1.54) is 11.3 Å². The van der Waals surface area contributed by atoms with E-state index in [2.05, 4.69) is 15.4 Å². The Hall–Kier alpha value is -2.42. The summed E-state index contributed by atoms with van der Waals surface area (Å²) in [5.41, 5.74) is 2.19. The number of nitrogens with zero attached hydrogens (tertiary/aromatic N) is 4. The molecule has 2 amide bonds. The van der Waals surface area contributed by atoms with E-state index in [1.807, 2.05) is 6.92 Å². The lowest BCUT2D eigenvalue weighted by Crippen LogP contribution is -2.35. The van der Waals surface area contributed by atoms with Crippen LogP contribution in [-0.4, -0.2) is 44.8 Å². The van der Waals surface area contributed by atoms with E-state index in [4.69, 9.17) is 4.74 Å². The van der Waals surface area contributed by atoms with Gasteiger partial charge < -0.3 is 9.64 Å². The second-order valence-electron chi connectivity index (χ2n) is 5.51. The van der Waals surface area contributed by atoms with Crippen LogP contribution in [-0.2, 0) is 24.8 Å². The van der Waals surface area contributed by atoms with Gasteiger partial charge in [-0.2, -0.15) is 5.10 Å². The summed E-state index contributed by atoms with van der Waals surface area (Å²) in [6, 6.07) is 1.73. The second-order valence-corrected chi connectivity index (χ2v) is 6.59. The van der Waals surface area contributed by atoms with E-state index >= 15 is 0 Å². The summed E-state index contributed by atoms with van der Waals surface area (Å²) in [7, 11) is 1.79. The van der Waals surface area contributed by atoms with E-state index in [1.54, 1.807) is 29.6 Å². The summed E-state index contributed by atoms with van der Waals surface area (Å²) in [6.07, 6.45) is 0.342. The van der Waals surface area contributed by atoms with Gasteiger partial charge in [-0.05, 0) is 19.9 Å². The Labute approximate surface area is 143 Å². The largest absolute Gasteiger partial charge is 0.450 e. The average Bonchev–Trinajstić information content (AvgIpc) is 3.09. The van der Waals surface area contributed by atoms with E-state index < -0.39 is 0 Å². The monoisotopic (exact) mass is 349 g/mol. The van der Waals surface area contributed by atoms with Crippen molar-refractivity contribution in [3.63, 3.8) is 0 Å². The third kappa shape index (κ3) is 3.25. The van der Waals surface area contributed by atoms with Crippen LogP contribution in [0.1, 0.15) is 33.7 Å². The summed E-state index contributed by atoms with van der Waals surface area (Å²) >= 11 is 1.38. The van der Waals surface area contributed by atoms with Gasteiger partial charge in [0.25, 0.3) is 5.91 Å². The molecular formula is C15H19N5O3S. The molecule has 1 aliphatic rings. The number of anilines is 1. The molecule has 24 heavy (non-hydrogen) atoms. The maximum Gasteiger partial charge on any atom is 0.410 e. The van der Waals surface area contributed by atoms with Crippen LogP contribution < -0.4 is 5.32 Å². The Kier molecular flexibility index (Phi) is 4.52. The van der Waals surface area contributed by atoms with Crippen molar-refractivity contribution in [2.75, 3.05) is 18.5 Å². The number of carbonyl (C=O) groups excluding carboxylic acids is 2. The van der Waals surface area contributed by atoms with Crippen molar-refractivity contribution < 1.29 is 14.3 Å². The van der Waals surface area contributed by atoms with Crippen molar-refractivity contribution in [1.29, 1.82) is 0 Å². The molecule has 2 aromatic rings. The van der Waals surface area contributed by atoms with Gasteiger partial charge in [0.05, 0.1) is 18.8 Å². The lowest BCUT2D eigenvalue weighted by atomic mass is 10.2. The Morgan fingerprint density at radius 2 is 2.25 bits per heavy atom. The molecule has 0 fully saturated rings. The molecular weight excluding hydrogens is 330 g/mol. The molecule has 1 aliphatic heterocycles. The van der Waals surface area contributed by atoms with Crippen molar-refractivity contribution in [1.82, 2.24) is 19.7 Å². The van der Waals surface area contributed by atoms with Crippen LogP contribution in [0.15, 0.2) is 6.07 Å². The number of thiazole rings is 1. The molecule has 0 unspecified atom stereocenters. The number of hydrogen-bond donors (Lipinski definition) is 1. The first-order chi connectivity index (χ1) is 11.5. The van der Waals surface area contributed by atoms with Gasteiger partial charge >= 0.3 is 6.09 Å². The van der Waals surface area contributed by atoms with Crippen LogP contribution in [0.25, 0.3) is 0 Å². The first kappa shape index (κ1) is 16.4. The first-order valence-corrected chi connectivity index (χ1v) is 8.52. The molecule has 3 heterocycles. The number of carbonyl (C=O) groups is 2. The number of aromatic nitrogens is 3. The van der Waals surface area contributed by atoms with Gasteiger partial charge in [0.2, 0.25) is 0 Å². The lowest BCUT2D eigenvalue weighted by molar-refractivity contribution is 0.101. The number of aryl methyl sites for hydroxylation is 2. The van der Waals surface area contributed by atoms with Crippen molar-refractivity contribution in [2.45, 2.75) is 26.8 Å². The summed E-state index contributed by atoms with van der Waals surface area (Å²) in [5, 5.41) is 7.47. The zero-order valence-corrected chi connectivity index (χ0v) is 14.6. The van der Waals surface area contributed by atoms with E-state index in [9.17, 15) is 9.59 Å². The van der Waals surface area contributed by atoms with E-state index in [0.29, 0.717) is 36.9 Å². The van der Waals surface area contributed by atoms with Crippen molar-refractivity contribution in [2.24, 2.45) is 7.05 Å². The smallest absolute Gasteiger partial charge is 0.410 e. The number of fused-ring (bicyclic) bond motifs is 1. The Bertz CT molecular complexity index is 763. The molecule has 1 N–H and O–H groups in total. The zero-order chi connectivity index (χ0) is 17.3. The fraction of sp³-hybridized carbons (Fsp3) is 0.467. The Balaban J connectivity index is 1.69. The minimum absolute atomic E-state index is 0.285. The number of rotatable bonds is 3. The van der Waals surface area contributed by atoms with Gasteiger partial charge in [-0.15, -0.1) is 0 Å². The van der Waals surface area contributed by atoms with Crippen LogP contribution in [0.2, 0.25) is 0 Å². The molecule has 0 atom stereocenters. The Morgan fingerprint density at radius 3 is 2.92 bits per heavy atom. The number of hydrogen-bond acceptors (Lipinski definition) is 6. The Morgan fingerprint density at radius 1 is 1.46 bits per heavy atom. The minimum Gasteiger partial charge on any atom is -0.450 e. The fourth-order valence-corrected chi connectivity index (χ4v) is 3.47. The third-order valence-corrected chi connectivity index (χ3v) is 4.82. The topological polar surface area (TPSA) is 89.4 Å². The summed E-state index contributed by atoms with van der Waals surface area (Å²) in [5.74, 6) is -0.285. The number of ether oxygens (including phenoxy) is 1. The van der Waals surface area contributed by atoms with Gasteiger partial charge in [0.1, 0.15) is 0 Å². The molecule has 0 saturated heterocycles. The highest BCUT2D eigenvalue weighted by atomic mass is 32.1. The highest BCUT2D eigenvalue weighted by molar-refractivity contribution is 7.15. The number of nitrogens with one attached hydrogen (secondary N) is 1. The maximum absolute atomic E-state index is 12.2. The molecule has 0 radical (unpaired) electrons. The second kappa shape index (κ2) is 6.60. The van der Waals surface area contributed by atoms with Gasteiger partial charge in [0, 0.05) is 30.6 Å². The lowest BCUT2D eigenvalue weighted by Gasteiger charge is -2.24. The van der Waals surface area contributed by atoms with Crippen molar-refractivity contribution in [3.8, 4) is 0 Å². The van der Waals surface area contributed by atoms with Gasteiger partial charge in [-0.25, -0.2) is 9.78 Å². The third-order valence-electron chi connectivity index (χ3n) is 3.82. The van der Waals surface area contributed by atoms with E-state index in [-0.39, 0.29) is 12.0 Å². The van der Waals surface area contributed by atoms with Gasteiger partial charge in [-0.3, -0.25) is 14.8 Å². The summed E-state index contributed by atoms with van der Waals surface area (Å²) in [6.45, 7) is 5.06. The summed E-state index contributed by atoms with van der Waals surface area (Å²) < 4.78 is 6.68. The highest BCUT2D eigenvalue weighted by Gasteiger charge is 2.25. The molecule has 0 spiro atoms. The normalized spacial score (nSPS) is 13.5. The highest BCUT2D eigenvalue weighted by Crippen LogP contribution is 2.28. The molecule has 2 aromatic heterocycles. The van der Waals surface area contributed by atoms with Gasteiger partial charge in [0.15, 0.2) is 10.8 Å².